The number of nitrogens with zero attached hydrogens (tertiary/aromatic N) is 3. The molecule has 0 aliphatic carbocycles. The number of halogens is 1. The van der Waals surface area contributed by atoms with E-state index in [-0.39, 0.29) is 28.7 Å². The number of fused-ring (bicyclic) bond motifs is 1. The van der Waals surface area contributed by atoms with Crippen LogP contribution in [0.5, 0.6) is 5.88 Å². The number of carbonyl (C=O) groups excluding carboxylic acids is 3. The van der Waals surface area contributed by atoms with Gasteiger partial charge in [-0.25, -0.2) is 9.37 Å². The molecular weight excluding hydrogens is 457 g/mol. The molecule has 4 rings (SSSR count). The first-order valence-corrected chi connectivity index (χ1v) is 11.9. The van der Waals surface area contributed by atoms with E-state index in [2.05, 4.69) is 4.98 Å². The van der Waals surface area contributed by atoms with Crippen LogP contribution in [0.1, 0.15) is 39.1 Å². The van der Waals surface area contributed by atoms with E-state index < -0.39 is 11.7 Å². The van der Waals surface area contributed by atoms with Crippen molar-refractivity contribution >= 4 is 39.2 Å². The number of Topliss-reactive ketones (excluding diaryl/α,β-unsaturated/α-hetero) is 1. The molecule has 178 valence electrons. The topological polar surface area (TPSA) is 79.8 Å². The SMILES string of the molecule is COc1nc2scc(C(=O)C(=O)N(C)C)c2cc1C(=O)N1CCC(Cc2ccc(F)cc2)CC1. The molecule has 0 radical (unpaired) electrons. The van der Waals surface area contributed by atoms with Crippen molar-refractivity contribution in [3.63, 3.8) is 0 Å². The lowest BCUT2D eigenvalue weighted by atomic mass is 9.90. The van der Waals surface area contributed by atoms with Crippen LogP contribution in [0.3, 0.4) is 0 Å². The molecule has 0 saturated carbocycles. The number of carbonyl (C=O) groups is 3. The smallest absolute Gasteiger partial charge is 0.294 e. The number of ether oxygens (including phenoxy) is 1. The second-order valence-corrected chi connectivity index (χ2v) is 9.50. The maximum Gasteiger partial charge on any atom is 0.294 e. The van der Waals surface area contributed by atoms with Gasteiger partial charge in [0.05, 0.1) is 7.11 Å². The first-order valence-electron chi connectivity index (χ1n) is 11.0. The van der Waals surface area contributed by atoms with Gasteiger partial charge < -0.3 is 14.5 Å². The molecule has 1 fully saturated rings. The monoisotopic (exact) mass is 483 g/mol. The number of thiophene rings is 1. The van der Waals surface area contributed by atoms with Gasteiger partial charge in [-0.2, -0.15) is 0 Å². The highest BCUT2D eigenvalue weighted by Gasteiger charge is 2.29. The number of likely N-dealkylation sites (tertiary alicyclic amines) is 1. The van der Waals surface area contributed by atoms with Gasteiger partial charge in [0, 0.05) is 43.5 Å². The molecule has 0 bridgehead atoms. The summed E-state index contributed by atoms with van der Waals surface area (Å²) in [5, 5.41) is 2.07. The Bertz CT molecular complexity index is 1230. The van der Waals surface area contributed by atoms with Crippen molar-refractivity contribution in [3.8, 4) is 5.88 Å². The quantitative estimate of drug-likeness (QED) is 0.394. The average Bonchev–Trinajstić information content (AvgIpc) is 3.26. The molecular formula is C25H26FN3O4S. The normalized spacial score (nSPS) is 14.3. The molecule has 0 N–H and O–H groups in total. The lowest BCUT2D eigenvalue weighted by molar-refractivity contribution is -0.124. The number of hydrogen-bond acceptors (Lipinski definition) is 6. The number of piperidine rings is 1. The van der Waals surface area contributed by atoms with Gasteiger partial charge in [0.25, 0.3) is 17.6 Å². The maximum atomic E-state index is 13.4. The van der Waals surface area contributed by atoms with Crippen molar-refractivity contribution in [1.82, 2.24) is 14.8 Å². The number of rotatable bonds is 6. The highest BCUT2D eigenvalue weighted by molar-refractivity contribution is 7.17. The van der Waals surface area contributed by atoms with E-state index >= 15 is 0 Å². The Balaban J connectivity index is 1.52. The summed E-state index contributed by atoms with van der Waals surface area (Å²) in [6.07, 6.45) is 2.51. The Kier molecular flexibility index (Phi) is 6.92. The van der Waals surface area contributed by atoms with Crippen molar-refractivity contribution in [3.05, 3.63) is 58.2 Å². The molecule has 1 aromatic carbocycles. The van der Waals surface area contributed by atoms with Crippen molar-refractivity contribution in [1.29, 1.82) is 0 Å². The third kappa shape index (κ3) is 4.79. The summed E-state index contributed by atoms with van der Waals surface area (Å²) in [5.41, 5.74) is 1.60. The predicted octanol–water partition coefficient (Wildman–Crippen LogP) is 3.81. The van der Waals surface area contributed by atoms with Gasteiger partial charge in [-0.15, -0.1) is 11.3 Å². The predicted molar refractivity (Wildman–Crippen MR) is 128 cm³/mol. The van der Waals surface area contributed by atoms with Gasteiger partial charge >= 0.3 is 0 Å². The zero-order chi connectivity index (χ0) is 24.4. The zero-order valence-electron chi connectivity index (χ0n) is 19.3. The Hall–Kier alpha value is -3.33. The fourth-order valence-corrected chi connectivity index (χ4v) is 5.10. The molecule has 1 aliphatic rings. The molecule has 34 heavy (non-hydrogen) atoms. The van der Waals surface area contributed by atoms with Crippen LogP contribution in [-0.2, 0) is 11.2 Å². The van der Waals surface area contributed by atoms with E-state index in [0.717, 1.165) is 24.8 Å². The first kappa shape index (κ1) is 23.8. The third-order valence-corrected chi connectivity index (χ3v) is 7.03. The zero-order valence-corrected chi connectivity index (χ0v) is 20.2. The molecule has 1 aliphatic heterocycles. The van der Waals surface area contributed by atoms with Crippen molar-refractivity contribution in [2.24, 2.45) is 5.92 Å². The fourth-order valence-electron chi connectivity index (χ4n) is 4.21. The van der Waals surface area contributed by atoms with Gasteiger partial charge in [-0.05, 0) is 48.9 Å². The number of aromatic nitrogens is 1. The Morgan fingerprint density at radius 2 is 1.82 bits per heavy atom. The number of hydrogen-bond donors (Lipinski definition) is 0. The number of pyridine rings is 1. The van der Waals surface area contributed by atoms with Crippen LogP contribution in [0.2, 0.25) is 0 Å². The summed E-state index contributed by atoms with van der Waals surface area (Å²) in [4.78, 5) is 46.2. The van der Waals surface area contributed by atoms with Crippen molar-refractivity contribution in [2.75, 3.05) is 34.3 Å². The van der Waals surface area contributed by atoms with Gasteiger partial charge in [0.2, 0.25) is 5.88 Å². The van der Waals surface area contributed by atoms with Crippen LogP contribution in [0.4, 0.5) is 4.39 Å². The van der Waals surface area contributed by atoms with E-state index in [1.54, 1.807) is 28.5 Å². The highest BCUT2D eigenvalue weighted by Crippen LogP contribution is 2.32. The molecule has 9 heteroatoms. The molecule has 0 unspecified atom stereocenters. The molecule has 1 saturated heterocycles. The van der Waals surface area contributed by atoms with Crippen LogP contribution in [-0.4, -0.2) is 66.7 Å². The van der Waals surface area contributed by atoms with E-state index in [1.165, 1.54) is 49.6 Å². The number of amides is 2. The number of ketones is 1. The molecule has 2 aromatic heterocycles. The van der Waals surface area contributed by atoms with Gasteiger partial charge in [0.1, 0.15) is 16.2 Å². The minimum absolute atomic E-state index is 0.200. The van der Waals surface area contributed by atoms with E-state index in [1.807, 2.05) is 0 Å². The summed E-state index contributed by atoms with van der Waals surface area (Å²) in [6, 6.07) is 8.16. The highest BCUT2D eigenvalue weighted by atomic mass is 32.1. The van der Waals surface area contributed by atoms with Gasteiger partial charge in [-0.3, -0.25) is 14.4 Å². The lowest BCUT2D eigenvalue weighted by Gasteiger charge is -2.32. The van der Waals surface area contributed by atoms with E-state index in [9.17, 15) is 18.8 Å². The van der Waals surface area contributed by atoms with Gasteiger partial charge in [0.15, 0.2) is 0 Å². The Morgan fingerprint density at radius 1 is 1.15 bits per heavy atom. The Labute approximate surface area is 201 Å². The summed E-state index contributed by atoms with van der Waals surface area (Å²) in [5.74, 6) is -1.11. The van der Waals surface area contributed by atoms with Crippen molar-refractivity contribution in [2.45, 2.75) is 19.3 Å². The summed E-state index contributed by atoms with van der Waals surface area (Å²) < 4.78 is 18.5. The molecule has 3 heterocycles. The van der Waals surface area contributed by atoms with Gasteiger partial charge in [-0.1, -0.05) is 12.1 Å². The van der Waals surface area contributed by atoms with E-state index in [0.29, 0.717) is 29.2 Å². The van der Waals surface area contributed by atoms with Crippen LogP contribution >= 0.6 is 11.3 Å². The lowest BCUT2D eigenvalue weighted by Crippen LogP contribution is -2.39. The molecule has 2 amide bonds. The average molecular weight is 484 g/mol. The standard InChI is InChI=1S/C25H26FN3O4S/c1-28(2)25(32)21(30)20-14-34-23-18(20)13-19(22(27-23)33-3)24(31)29-10-8-16(9-11-29)12-15-4-6-17(26)7-5-15/h4-7,13-14,16H,8-12H2,1-3H3. The molecule has 3 aromatic rings. The molecule has 0 spiro atoms. The molecule has 7 nitrogen and oxygen atoms in total. The minimum Gasteiger partial charge on any atom is -0.480 e. The second kappa shape index (κ2) is 9.89. The van der Waals surface area contributed by atoms with E-state index in [4.69, 9.17) is 4.74 Å². The largest absolute Gasteiger partial charge is 0.480 e. The van der Waals surface area contributed by atoms with Crippen LogP contribution < -0.4 is 4.74 Å². The van der Waals surface area contributed by atoms with Crippen LogP contribution in [0, 0.1) is 11.7 Å². The fraction of sp³-hybridized carbons (Fsp3) is 0.360. The summed E-state index contributed by atoms with van der Waals surface area (Å²) in [6.45, 7) is 1.17. The summed E-state index contributed by atoms with van der Waals surface area (Å²) >= 11 is 1.23. The third-order valence-electron chi connectivity index (χ3n) is 6.14. The maximum absolute atomic E-state index is 13.4. The number of benzene rings is 1. The minimum atomic E-state index is -0.636. The molecule has 0 atom stereocenters. The first-order chi connectivity index (χ1) is 16.3. The number of likely N-dealkylation sites (N-methyl/N-ethyl adjacent to an activating group) is 1. The number of methoxy groups -OCH3 is 1. The van der Waals surface area contributed by atoms with Crippen LogP contribution in [0.15, 0.2) is 35.7 Å². The van der Waals surface area contributed by atoms with Crippen molar-refractivity contribution < 1.29 is 23.5 Å². The van der Waals surface area contributed by atoms with Crippen LogP contribution in [0.25, 0.3) is 10.2 Å². The Morgan fingerprint density at radius 3 is 2.44 bits per heavy atom. The summed E-state index contributed by atoms with van der Waals surface area (Å²) in [7, 11) is 4.49. The second-order valence-electron chi connectivity index (χ2n) is 8.64.